The molecule has 0 bridgehead atoms. The third-order valence-electron chi connectivity index (χ3n) is 3.46. The van der Waals surface area contributed by atoms with Crippen LogP contribution in [0.4, 0.5) is 0 Å². The minimum Gasteiger partial charge on any atom is -0.481 e. The zero-order chi connectivity index (χ0) is 16.9. The molecule has 0 saturated heterocycles. The Kier molecular flexibility index (Phi) is 5.16. The highest BCUT2D eigenvalue weighted by Crippen LogP contribution is 2.12. The average Bonchev–Trinajstić information content (AvgIpc) is 2.94. The summed E-state index contributed by atoms with van der Waals surface area (Å²) in [5, 5.41) is 15.9. The zero-order valence-corrected chi connectivity index (χ0v) is 13.3. The Labute approximate surface area is 135 Å². The number of hydrogen-bond donors (Lipinski definition) is 2. The van der Waals surface area contributed by atoms with E-state index in [1.165, 1.54) is 0 Å². The minimum atomic E-state index is -0.864. The highest BCUT2D eigenvalue weighted by molar-refractivity contribution is 5.79. The Morgan fingerprint density at radius 2 is 1.96 bits per heavy atom. The van der Waals surface area contributed by atoms with Crippen molar-refractivity contribution in [1.82, 2.24) is 15.1 Å². The predicted octanol–water partition coefficient (Wildman–Crippen LogP) is 2.17. The summed E-state index contributed by atoms with van der Waals surface area (Å²) in [6, 6.07) is 9.65. The van der Waals surface area contributed by atoms with E-state index in [1.807, 2.05) is 50.4 Å². The van der Waals surface area contributed by atoms with Gasteiger partial charge in [-0.2, -0.15) is 5.10 Å². The number of rotatable bonds is 7. The van der Waals surface area contributed by atoms with Gasteiger partial charge in [-0.05, 0) is 38.0 Å². The molecule has 0 aliphatic heterocycles. The lowest BCUT2D eigenvalue weighted by Gasteiger charge is -2.25. The molecule has 122 valence electrons. The molecule has 2 aromatic rings. The Balaban J connectivity index is 1.93. The smallest absolute Gasteiger partial charge is 0.303 e. The lowest BCUT2D eigenvalue weighted by atomic mass is 9.98. The van der Waals surface area contributed by atoms with Crippen LogP contribution in [0.5, 0.6) is 0 Å². The van der Waals surface area contributed by atoms with Crippen LogP contribution in [0.2, 0.25) is 0 Å². The molecule has 0 atom stereocenters. The summed E-state index contributed by atoms with van der Waals surface area (Å²) in [7, 11) is 0. The van der Waals surface area contributed by atoms with Crippen molar-refractivity contribution in [2.75, 3.05) is 0 Å². The number of amides is 1. The summed E-state index contributed by atoms with van der Waals surface area (Å²) in [5.41, 5.74) is 1.19. The number of para-hydroxylation sites is 1. The standard InChI is InChI=1S/C17H21N3O3/c1-17(2,9-8-16(22)23)19-15(21)10-13-11-18-20(12-13)14-6-4-3-5-7-14/h3-7,11-12H,8-10H2,1-2H3,(H,19,21)(H,22,23). The molecule has 0 spiro atoms. The van der Waals surface area contributed by atoms with E-state index < -0.39 is 11.5 Å². The van der Waals surface area contributed by atoms with Crippen LogP contribution in [0.1, 0.15) is 32.3 Å². The first kappa shape index (κ1) is 16.7. The van der Waals surface area contributed by atoms with Gasteiger partial charge in [0.1, 0.15) is 0 Å². The van der Waals surface area contributed by atoms with Crippen molar-refractivity contribution < 1.29 is 14.7 Å². The van der Waals surface area contributed by atoms with E-state index in [1.54, 1.807) is 10.9 Å². The number of aromatic nitrogens is 2. The molecule has 1 amide bonds. The molecule has 0 saturated carbocycles. The normalized spacial score (nSPS) is 11.2. The highest BCUT2D eigenvalue weighted by Gasteiger charge is 2.21. The van der Waals surface area contributed by atoms with Crippen molar-refractivity contribution in [3.8, 4) is 5.69 Å². The van der Waals surface area contributed by atoms with Crippen molar-refractivity contribution in [3.05, 3.63) is 48.3 Å². The van der Waals surface area contributed by atoms with Gasteiger partial charge in [0, 0.05) is 18.2 Å². The minimum absolute atomic E-state index is 0.0270. The number of hydrogen-bond acceptors (Lipinski definition) is 3. The summed E-state index contributed by atoms with van der Waals surface area (Å²) < 4.78 is 1.72. The number of aliphatic carboxylic acids is 1. The molecule has 1 aromatic heterocycles. The third kappa shape index (κ3) is 5.25. The maximum atomic E-state index is 12.1. The Morgan fingerprint density at radius 3 is 2.61 bits per heavy atom. The van der Waals surface area contributed by atoms with Crippen LogP contribution >= 0.6 is 0 Å². The third-order valence-corrected chi connectivity index (χ3v) is 3.46. The Bertz CT molecular complexity index is 677. The fourth-order valence-corrected chi connectivity index (χ4v) is 2.26. The lowest BCUT2D eigenvalue weighted by molar-refractivity contribution is -0.137. The summed E-state index contributed by atoms with van der Waals surface area (Å²) in [6.07, 6.45) is 4.11. The van der Waals surface area contributed by atoms with Crippen LogP contribution in [0.3, 0.4) is 0 Å². The van der Waals surface area contributed by atoms with E-state index in [9.17, 15) is 9.59 Å². The molecule has 2 rings (SSSR count). The molecule has 1 heterocycles. The van der Waals surface area contributed by atoms with Gasteiger partial charge in [0.25, 0.3) is 0 Å². The molecule has 1 aromatic carbocycles. The quantitative estimate of drug-likeness (QED) is 0.820. The van der Waals surface area contributed by atoms with Crippen molar-refractivity contribution in [2.45, 2.75) is 38.6 Å². The number of carboxylic acids is 1. The van der Waals surface area contributed by atoms with E-state index in [-0.39, 0.29) is 18.7 Å². The average molecular weight is 315 g/mol. The van der Waals surface area contributed by atoms with Crippen LogP contribution in [0.15, 0.2) is 42.7 Å². The van der Waals surface area contributed by atoms with E-state index in [4.69, 9.17) is 5.11 Å². The van der Waals surface area contributed by atoms with Gasteiger partial charge in [0.2, 0.25) is 5.91 Å². The lowest BCUT2D eigenvalue weighted by Crippen LogP contribution is -2.44. The van der Waals surface area contributed by atoms with Gasteiger partial charge < -0.3 is 10.4 Å². The second-order valence-electron chi connectivity index (χ2n) is 6.13. The summed E-state index contributed by atoms with van der Waals surface area (Å²) in [4.78, 5) is 22.8. The van der Waals surface area contributed by atoms with Gasteiger partial charge in [-0.25, -0.2) is 4.68 Å². The van der Waals surface area contributed by atoms with E-state index in [0.29, 0.717) is 6.42 Å². The maximum Gasteiger partial charge on any atom is 0.303 e. The second-order valence-corrected chi connectivity index (χ2v) is 6.13. The van der Waals surface area contributed by atoms with Crippen LogP contribution in [0, 0.1) is 0 Å². The zero-order valence-electron chi connectivity index (χ0n) is 13.3. The molecule has 2 N–H and O–H groups in total. The first-order chi connectivity index (χ1) is 10.9. The second kappa shape index (κ2) is 7.09. The van der Waals surface area contributed by atoms with Gasteiger partial charge in [-0.3, -0.25) is 9.59 Å². The molecular formula is C17H21N3O3. The van der Waals surface area contributed by atoms with Crippen LogP contribution < -0.4 is 5.32 Å². The van der Waals surface area contributed by atoms with Crippen molar-refractivity contribution >= 4 is 11.9 Å². The first-order valence-corrected chi connectivity index (χ1v) is 7.47. The first-order valence-electron chi connectivity index (χ1n) is 7.47. The highest BCUT2D eigenvalue weighted by atomic mass is 16.4. The maximum absolute atomic E-state index is 12.1. The fourth-order valence-electron chi connectivity index (χ4n) is 2.26. The number of benzene rings is 1. The van der Waals surface area contributed by atoms with E-state index in [2.05, 4.69) is 10.4 Å². The molecule has 0 aliphatic rings. The van der Waals surface area contributed by atoms with Crippen LogP contribution in [-0.4, -0.2) is 32.3 Å². The van der Waals surface area contributed by atoms with Crippen molar-refractivity contribution in [1.29, 1.82) is 0 Å². The molecule has 0 fully saturated rings. The predicted molar refractivity (Wildman–Crippen MR) is 86.4 cm³/mol. The summed E-state index contributed by atoms with van der Waals surface area (Å²) >= 11 is 0. The van der Waals surface area contributed by atoms with Crippen molar-refractivity contribution in [3.63, 3.8) is 0 Å². The summed E-state index contributed by atoms with van der Waals surface area (Å²) in [6.45, 7) is 3.64. The van der Waals surface area contributed by atoms with E-state index >= 15 is 0 Å². The number of nitrogens with one attached hydrogen (secondary N) is 1. The molecular weight excluding hydrogens is 294 g/mol. The number of carboxylic acid groups (broad SMARTS) is 1. The van der Waals surface area contributed by atoms with Crippen LogP contribution in [-0.2, 0) is 16.0 Å². The SMILES string of the molecule is CC(C)(CCC(=O)O)NC(=O)Cc1cnn(-c2ccccc2)c1. The molecule has 23 heavy (non-hydrogen) atoms. The van der Waals surface area contributed by atoms with Crippen molar-refractivity contribution in [2.24, 2.45) is 0 Å². The van der Waals surface area contributed by atoms with Gasteiger partial charge in [0.15, 0.2) is 0 Å². The number of nitrogens with zero attached hydrogens (tertiary/aromatic N) is 2. The fraction of sp³-hybridized carbons (Fsp3) is 0.353. The van der Waals surface area contributed by atoms with Gasteiger partial charge in [-0.1, -0.05) is 18.2 Å². The van der Waals surface area contributed by atoms with E-state index in [0.717, 1.165) is 11.3 Å². The Morgan fingerprint density at radius 1 is 1.26 bits per heavy atom. The molecule has 0 aliphatic carbocycles. The Hall–Kier alpha value is -2.63. The number of carbonyl (C=O) groups is 2. The van der Waals surface area contributed by atoms with Gasteiger partial charge >= 0.3 is 5.97 Å². The number of carbonyl (C=O) groups excluding carboxylic acids is 1. The largest absolute Gasteiger partial charge is 0.481 e. The molecule has 0 unspecified atom stereocenters. The summed E-state index contributed by atoms with van der Waals surface area (Å²) in [5.74, 6) is -1.01. The molecule has 6 heteroatoms. The van der Waals surface area contributed by atoms with Gasteiger partial charge in [0.05, 0.1) is 18.3 Å². The topological polar surface area (TPSA) is 84.2 Å². The van der Waals surface area contributed by atoms with Crippen LogP contribution in [0.25, 0.3) is 5.69 Å². The van der Waals surface area contributed by atoms with Gasteiger partial charge in [-0.15, -0.1) is 0 Å². The monoisotopic (exact) mass is 315 g/mol. The molecule has 6 nitrogen and oxygen atoms in total. The molecule has 0 radical (unpaired) electrons.